The van der Waals surface area contributed by atoms with E-state index in [0.29, 0.717) is 25.6 Å². The van der Waals surface area contributed by atoms with Gasteiger partial charge in [-0.05, 0) is 44.9 Å². The van der Waals surface area contributed by atoms with Crippen molar-refractivity contribution >= 4 is 6.03 Å². The van der Waals surface area contributed by atoms with Gasteiger partial charge in [-0.1, -0.05) is 6.92 Å². The molecule has 3 atom stereocenters. The summed E-state index contributed by atoms with van der Waals surface area (Å²) in [7, 11) is 0. The maximum absolute atomic E-state index is 11.5. The Balaban J connectivity index is 2.01. The van der Waals surface area contributed by atoms with Crippen LogP contribution in [0.5, 0.6) is 0 Å². The lowest BCUT2D eigenvalue weighted by Crippen LogP contribution is -2.39. The normalized spacial score (nSPS) is 22.6. The molecule has 112 valence electrons. The molecule has 5 heteroatoms. The molecule has 1 fully saturated rings. The second-order valence-corrected chi connectivity index (χ2v) is 5.60. The predicted octanol–water partition coefficient (Wildman–Crippen LogP) is 1.65. The fraction of sp³-hybridized carbons (Fsp3) is 0.929. The van der Waals surface area contributed by atoms with Crippen LogP contribution in [0.3, 0.4) is 0 Å². The number of carbonyl (C=O) groups is 1. The smallest absolute Gasteiger partial charge is 0.314 e. The van der Waals surface area contributed by atoms with Gasteiger partial charge in [0, 0.05) is 19.7 Å². The van der Waals surface area contributed by atoms with Crippen LogP contribution in [0.1, 0.15) is 46.0 Å². The van der Waals surface area contributed by atoms with Crippen molar-refractivity contribution in [2.45, 2.75) is 58.2 Å². The Labute approximate surface area is 116 Å². The molecule has 1 aliphatic heterocycles. The first-order chi connectivity index (χ1) is 9.08. The number of hydrogen-bond donors (Lipinski definition) is 3. The highest BCUT2D eigenvalue weighted by Crippen LogP contribution is 2.14. The molecule has 1 rings (SSSR count). The second kappa shape index (κ2) is 9.15. The zero-order valence-electron chi connectivity index (χ0n) is 12.2. The third-order valence-electron chi connectivity index (χ3n) is 3.38. The molecule has 1 heterocycles. The Morgan fingerprint density at radius 2 is 2.16 bits per heavy atom. The molecule has 0 aromatic heterocycles. The van der Waals surface area contributed by atoms with Crippen LogP contribution in [0, 0.1) is 5.92 Å². The molecule has 19 heavy (non-hydrogen) atoms. The van der Waals surface area contributed by atoms with Crippen LogP contribution >= 0.6 is 0 Å². The standard InChI is InChI=1S/C14H28N2O3/c1-11(9-12(2)17)10-16-14(18)15-7-6-13-5-3-4-8-19-13/h11-13,17H,3-10H2,1-2H3,(H2,15,16,18). The number of rotatable bonds is 7. The van der Waals surface area contributed by atoms with Crippen molar-refractivity contribution in [3.63, 3.8) is 0 Å². The number of ether oxygens (including phenoxy) is 1. The fourth-order valence-electron chi connectivity index (χ4n) is 2.38. The van der Waals surface area contributed by atoms with E-state index in [2.05, 4.69) is 10.6 Å². The van der Waals surface area contributed by atoms with Crippen molar-refractivity contribution in [1.29, 1.82) is 0 Å². The van der Waals surface area contributed by atoms with Gasteiger partial charge in [-0.25, -0.2) is 4.79 Å². The maximum atomic E-state index is 11.5. The first-order valence-electron chi connectivity index (χ1n) is 7.39. The van der Waals surface area contributed by atoms with Crippen LogP contribution in [0.2, 0.25) is 0 Å². The van der Waals surface area contributed by atoms with Gasteiger partial charge in [-0.2, -0.15) is 0 Å². The number of amides is 2. The van der Waals surface area contributed by atoms with Gasteiger partial charge in [-0.3, -0.25) is 0 Å². The van der Waals surface area contributed by atoms with Crippen LogP contribution in [0.15, 0.2) is 0 Å². The van der Waals surface area contributed by atoms with Crippen LogP contribution in [-0.2, 0) is 4.74 Å². The van der Waals surface area contributed by atoms with Crippen molar-refractivity contribution in [3.8, 4) is 0 Å². The molecule has 3 unspecified atom stereocenters. The van der Waals surface area contributed by atoms with Crippen LogP contribution < -0.4 is 10.6 Å². The topological polar surface area (TPSA) is 70.6 Å². The van der Waals surface area contributed by atoms with E-state index in [1.807, 2.05) is 6.92 Å². The molecular weight excluding hydrogens is 244 g/mol. The molecule has 2 amide bonds. The van der Waals surface area contributed by atoms with Gasteiger partial charge in [0.2, 0.25) is 0 Å². The molecule has 0 aromatic rings. The van der Waals surface area contributed by atoms with Crippen molar-refractivity contribution < 1.29 is 14.6 Å². The van der Waals surface area contributed by atoms with E-state index in [0.717, 1.165) is 25.9 Å². The number of nitrogens with one attached hydrogen (secondary N) is 2. The van der Waals surface area contributed by atoms with E-state index in [1.165, 1.54) is 6.42 Å². The summed E-state index contributed by atoms with van der Waals surface area (Å²) in [5.41, 5.74) is 0. The minimum Gasteiger partial charge on any atom is -0.393 e. The summed E-state index contributed by atoms with van der Waals surface area (Å²) < 4.78 is 5.60. The molecule has 1 saturated heterocycles. The average Bonchev–Trinajstić information content (AvgIpc) is 2.37. The summed E-state index contributed by atoms with van der Waals surface area (Å²) in [6, 6.07) is -0.131. The third kappa shape index (κ3) is 8.06. The van der Waals surface area contributed by atoms with Crippen molar-refractivity contribution in [1.82, 2.24) is 10.6 Å². The van der Waals surface area contributed by atoms with Gasteiger partial charge in [0.05, 0.1) is 12.2 Å². The Morgan fingerprint density at radius 3 is 2.79 bits per heavy atom. The zero-order valence-corrected chi connectivity index (χ0v) is 12.2. The Kier molecular flexibility index (Phi) is 7.82. The quantitative estimate of drug-likeness (QED) is 0.660. The monoisotopic (exact) mass is 272 g/mol. The SMILES string of the molecule is CC(O)CC(C)CNC(=O)NCCC1CCCCO1. The lowest BCUT2D eigenvalue weighted by molar-refractivity contribution is 0.0120. The number of aliphatic hydroxyl groups excluding tert-OH is 1. The molecule has 0 aliphatic carbocycles. The highest BCUT2D eigenvalue weighted by atomic mass is 16.5. The highest BCUT2D eigenvalue weighted by molar-refractivity contribution is 5.73. The minimum absolute atomic E-state index is 0.131. The summed E-state index contributed by atoms with van der Waals surface area (Å²) in [6.07, 6.45) is 5.08. The van der Waals surface area contributed by atoms with Crippen LogP contribution in [0.25, 0.3) is 0 Å². The summed E-state index contributed by atoms with van der Waals surface area (Å²) in [5.74, 6) is 0.285. The summed E-state index contributed by atoms with van der Waals surface area (Å²) in [4.78, 5) is 11.5. The molecule has 0 aromatic carbocycles. The molecule has 5 nitrogen and oxygen atoms in total. The van der Waals surface area contributed by atoms with E-state index in [9.17, 15) is 9.90 Å². The molecule has 0 bridgehead atoms. The van der Waals surface area contributed by atoms with Crippen molar-refractivity contribution in [2.24, 2.45) is 5.92 Å². The number of aliphatic hydroxyl groups is 1. The van der Waals surface area contributed by atoms with E-state index < -0.39 is 0 Å². The largest absolute Gasteiger partial charge is 0.393 e. The summed E-state index contributed by atoms with van der Waals surface area (Å²) in [6.45, 7) is 5.88. The lowest BCUT2D eigenvalue weighted by Gasteiger charge is -2.22. The zero-order chi connectivity index (χ0) is 14.1. The third-order valence-corrected chi connectivity index (χ3v) is 3.38. The number of carbonyl (C=O) groups excluding carboxylic acids is 1. The van der Waals surface area contributed by atoms with Gasteiger partial charge in [-0.15, -0.1) is 0 Å². The minimum atomic E-state index is -0.316. The summed E-state index contributed by atoms with van der Waals surface area (Å²) >= 11 is 0. The molecule has 1 aliphatic rings. The molecule has 3 N–H and O–H groups in total. The van der Waals surface area contributed by atoms with Crippen LogP contribution in [-0.4, -0.2) is 43.0 Å². The van der Waals surface area contributed by atoms with E-state index >= 15 is 0 Å². The number of hydrogen-bond acceptors (Lipinski definition) is 3. The van der Waals surface area contributed by atoms with E-state index in [1.54, 1.807) is 6.92 Å². The van der Waals surface area contributed by atoms with Gasteiger partial charge in [0.25, 0.3) is 0 Å². The molecule has 0 saturated carbocycles. The fourth-order valence-corrected chi connectivity index (χ4v) is 2.38. The van der Waals surface area contributed by atoms with Crippen molar-refractivity contribution in [2.75, 3.05) is 19.7 Å². The first-order valence-corrected chi connectivity index (χ1v) is 7.39. The molecule has 0 spiro atoms. The highest BCUT2D eigenvalue weighted by Gasteiger charge is 2.13. The summed E-state index contributed by atoms with van der Waals surface area (Å²) in [5, 5.41) is 14.9. The number of urea groups is 1. The van der Waals surface area contributed by atoms with Gasteiger partial charge in [0.1, 0.15) is 0 Å². The maximum Gasteiger partial charge on any atom is 0.314 e. The second-order valence-electron chi connectivity index (χ2n) is 5.60. The Bertz CT molecular complexity index is 253. The van der Waals surface area contributed by atoms with Crippen LogP contribution in [0.4, 0.5) is 4.79 Å². The lowest BCUT2D eigenvalue weighted by atomic mass is 10.1. The van der Waals surface area contributed by atoms with Gasteiger partial charge >= 0.3 is 6.03 Å². The molecule has 0 radical (unpaired) electrons. The average molecular weight is 272 g/mol. The Morgan fingerprint density at radius 1 is 1.37 bits per heavy atom. The van der Waals surface area contributed by atoms with E-state index in [4.69, 9.17) is 4.74 Å². The van der Waals surface area contributed by atoms with E-state index in [-0.39, 0.29) is 18.1 Å². The molecular formula is C14H28N2O3. The van der Waals surface area contributed by atoms with Gasteiger partial charge < -0.3 is 20.5 Å². The Hall–Kier alpha value is -0.810. The van der Waals surface area contributed by atoms with Crippen molar-refractivity contribution in [3.05, 3.63) is 0 Å². The predicted molar refractivity (Wildman–Crippen MR) is 75.1 cm³/mol. The van der Waals surface area contributed by atoms with Gasteiger partial charge in [0.15, 0.2) is 0 Å². The first kappa shape index (κ1) is 16.2.